The van der Waals surface area contributed by atoms with E-state index in [4.69, 9.17) is 9.47 Å². The van der Waals surface area contributed by atoms with Gasteiger partial charge in [-0.25, -0.2) is 0 Å². The molecular weight excluding hydrogens is 238 g/mol. The van der Waals surface area contributed by atoms with E-state index in [-0.39, 0.29) is 11.6 Å². The number of hydrogen-bond acceptors (Lipinski definition) is 3. The third kappa shape index (κ3) is 3.16. The quantitative estimate of drug-likeness (QED) is 0.886. The molecule has 1 heterocycles. The molecule has 0 spiro atoms. The topological polar surface area (TPSA) is 30.5 Å². The fraction of sp³-hybridized carbons (Fsp3) is 0.625. The van der Waals surface area contributed by atoms with E-state index in [0.717, 1.165) is 32.7 Å². The number of hydrogen-bond donors (Lipinski definition) is 1. The summed E-state index contributed by atoms with van der Waals surface area (Å²) in [5, 5.41) is 3.46. The first-order valence-electron chi connectivity index (χ1n) is 7.17. The monoisotopic (exact) mass is 263 g/mol. The van der Waals surface area contributed by atoms with Crippen LogP contribution >= 0.6 is 0 Å². The summed E-state index contributed by atoms with van der Waals surface area (Å²) in [7, 11) is 2.02. The Bertz CT molecular complexity index is 394. The highest BCUT2D eigenvalue weighted by molar-refractivity contribution is 5.27. The van der Waals surface area contributed by atoms with Crippen LogP contribution in [0.5, 0.6) is 0 Å². The largest absolute Gasteiger partial charge is 0.381 e. The van der Waals surface area contributed by atoms with E-state index in [9.17, 15) is 0 Å². The average Bonchev–Trinajstić information content (AvgIpc) is 2.41. The lowest BCUT2D eigenvalue weighted by Gasteiger charge is -2.43. The predicted molar refractivity (Wildman–Crippen MR) is 77.4 cm³/mol. The van der Waals surface area contributed by atoms with Gasteiger partial charge in [-0.15, -0.1) is 0 Å². The van der Waals surface area contributed by atoms with Crippen LogP contribution in [0.3, 0.4) is 0 Å². The predicted octanol–water partition coefficient (Wildman–Crippen LogP) is 2.84. The van der Waals surface area contributed by atoms with Gasteiger partial charge in [-0.3, -0.25) is 0 Å². The molecule has 0 amide bonds. The molecule has 1 saturated heterocycles. The molecule has 2 rings (SSSR count). The molecular formula is C16H25NO2. The summed E-state index contributed by atoms with van der Waals surface area (Å²) < 4.78 is 11.7. The van der Waals surface area contributed by atoms with Gasteiger partial charge in [0.05, 0.1) is 11.6 Å². The van der Waals surface area contributed by atoms with Crippen LogP contribution in [-0.2, 0) is 9.47 Å². The Balaban J connectivity index is 2.31. The molecule has 0 radical (unpaired) electrons. The highest BCUT2D eigenvalue weighted by Crippen LogP contribution is 2.37. The lowest BCUT2D eigenvalue weighted by atomic mass is 9.81. The summed E-state index contributed by atoms with van der Waals surface area (Å²) in [4.78, 5) is 0. The van der Waals surface area contributed by atoms with Gasteiger partial charge in [0, 0.05) is 32.7 Å². The first-order chi connectivity index (χ1) is 9.22. The Labute approximate surface area is 116 Å². The van der Waals surface area contributed by atoms with Gasteiger partial charge in [-0.05, 0) is 26.5 Å². The van der Waals surface area contributed by atoms with Crippen LogP contribution in [-0.4, -0.2) is 32.5 Å². The molecule has 1 aliphatic heterocycles. The van der Waals surface area contributed by atoms with E-state index >= 15 is 0 Å². The maximum atomic E-state index is 6.18. The van der Waals surface area contributed by atoms with Crippen LogP contribution in [0.2, 0.25) is 0 Å². The molecule has 1 aliphatic rings. The van der Waals surface area contributed by atoms with E-state index in [1.807, 2.05) is 7.05 Å². The Morgan fingerprint density at radius 2 is 2.11 bits per heavy atom. The number of nitrogens with one attached hydrogen (secondary N) is 1. The molecule has 3 nitrogen and oxygen atoms in total. The average molecular weight is 263 g/mol. The Hall–Kier alpha value is -0.900. The summed E-state index contributed by atoms with van der Waals surface area (Å²) in [6, 6.07) is 8.90. The Morgan fingerprint density at radius 3 is 2.68 bits per heavy atom. The van der Waals surface area contributed by atoms with Crippen molar-refractivity contribution in [3.8, 4) is 0 Å². The molecule has 0 aromatic heterocycles. The summed E-state index contributed by atoms with van der Waals surface area (Å²) in [6.45, 7) is 6.51. The second-order valence-corrected chi connectivity index (χ2v) is 5.25. The van der Waals surface area contributed by atoms with Crippen LogP contribution in [0.1, 0.15) is 36.9 Å². The van der Waals surface area contributed by atoms with Crippen molar-refractivity contribution in [2.24, 2.45) is 0 Å². The zero-order valence-electron chi connectivity index (χ0n) is 12.2. The molecule has 1 unspecified atom stereocenters. The van der Waals surface area contributed by atoms with Crippen LogP contribution in [0.15, 0.2) is 24.3 Å². The van der Waals surface area contributed by atoms with E-state index in [1.54, 1.807) is 0 Å². The van der Waals surface area contributed by atoms with Crippen LogP contribution in [0.25, 0.3) is 0 Å². The molecule has 0 bridgehead atoms. The van der Waals surface area contributed by atoms with Gasteiger partial charge >= 0.3 is 0 Å². The number of rotatable bonds is 5. The zero-order chi connectivity index (χ0) is 13.7. The summed E-state index contributed by atoms with van der Waals surface area (Å²) in [6.07, 6.45) is 1.89. The van der Waals surface area contributed by atoms with Crippen molar-refractivity contribution in [3.63, 3.8) is 0 Å². The second kappa shape index (κ2) is 6.51. The third-order valence-electron chi connectivity index (χ3n) is 3.96. The van der Waals surface area contributed by atoms with E-state index in [2.05, 4.69) is 43.4 Å². The highest BCUT2D eigenvalue weighted by Gasteiger charge is 2.41. The molecule has 1 fully saturated rings. The third-order valence-corrected chi connectivity index (χ3v) is 3.96. The summed E-state index contributed by atoms with van der Waals surface area (Å²) in [5.74, 6) is 0. The van der Waals surface area contributed by atoms with Crippen molar-refractivity contribution in [2.75, 3.05) is 26.9 Å². The second-order valence-electron chi connectivity index (χ2n) is 5.25. The van der Waals surface area contributed by atoms with Crippen LogP contribution < -0.4 is 5.32 Å². The van der Waals surface area contributed by atoms with Gasteiger partial charge < -0.3 is 14.8 Å². The molecule has 106 valence electrons. The van der Waals surface area contributed by atoms with Crippen molar-refractivity contribution in [2.45, 2.75) is 38.3 Å². The molecule has 19 heavy (non-hydrogen) atoms. The Morgan fingerprint density at radius 1 is 1.37 bits per heavy atom. The molecule has 1 aromatic carbocycles. The lowest BCUT2D eigenvalue weighted by molar-refractivity contribution is -0.127. The van der Waals surface area contributed by atoms with Crippen LogP contribution in [0, 0.1) is 6.92 Å². The highest BCUT2D eigenvalue weighted by atomic mass is 16.5. The lowest BCUT2D eigenvalue weighted by Crippen LogP contribution is -2.49. The SMILES string of the molecule is CCOC1(C(NC)c2cccc(C)c2)CCOCC1. The van der Waals surface area contributed by atoms with Crippen molar-refractivity contribution in [1.82, 2.24) is 5.32 Å². The number of likely N-dealkylation sites (N-methyl/N-ethyl adjacent to an activating group) is 1. The van der Waals surface area contributed by atoms with Gasteiger partial charge in [-0.1, -0.05) is 29.8 Å². The number of aryl methyl sites for hydroxylation is 1. The maximum Gasteiger partial charge on any atom is 0.0919 e. The maximum absolute atomic E-state index is 6.18. The van der Waals surface area contributed by atoms with Crippen molar-refractivity contribution in [3.05, 3.63) is 35.4 Å². The first-order valence-corrected chi connectivity index (χ1v) is 7.17. The first kappa shape index (κ1) is 14.5. The zero-order valence-corrected chi connectivity index (χ0v) is 12.2. The molecule has 1 N–H and O–H groups in total. The van der Waals surface area contributed by atoms with E-state index < -0.39 is 0 Å². The van der Waals surface area contributed by atoms with Gasteiger partial charge in [0.15, 0.2) is 0 Å². The smallest absolute Gasteiger partial charge is 0.0919 e. The molecule has 3 heteroatoms. The standard InChI is InChI=1S/C16H25NO2/c1-4-19-16(8-10-18-11-9-16)15(17-3)14-7-5-6-13(2)12-14/h5-7,12,15,17H,4,8-11H2,1-3H3. The van der Waals surface area contributed by atoms with Gasteiger partial charge in [0.2, 0.25) is 0 Å². The van der Waals surface area contributed by atoms with Gasteiger partial charge in [0.25, 0.3) is 0 Å². The number of benzene rings is 1. The van der Waals surface area contributed by atoms with Gasteiger partial charge in [0.1, 0.15) is 0 Å². The normalized spacial score (nSPS) is 20.2. The fourth-order valence-electron chi connectivity index (χ4n) is 3.10. The number of ether oxygens (including phenoxy) is 2. The minimum absolute atomic E-state index is 0.143. The molecule has 0 saturated carbocycles. The Kier molecular flexibility index (Phi) is 4.97. The van der Waals surface area contributed by atoms with Crippen molar-refractivity contribution < 1.29 is 9.47 Å². The summed E-state index contributed by atoms with van der Waals surface area (Å²) in [5.41, 5.74) is 2.45. The van der Waals surface area contributed by atoms with Crippen LogP contribution in [0.4, 0.5) is 0 Å². The molecule has 1 atom stereocenters. The van der Waals surface area contributed by atoms with E-state index in [0.29, 0.717) is 0 Å². The summed E-state index contributed by atoms with van der Waals surface area (Å²) >= 11 is 0. The molecule has 1 aromatic rings. The molecule has 0 aliphatic carbocycles. The minimum atomic E-state index is -0.143. The minimum Gasteiger partial charge on any atom is -0.381 e. The van der Waals surface area contributed by atoms with E-state index in [1.165, 1.54) is 11.1 Å². The van der Waals surface area contributed by atoms with Crippen molar-refractivity contribution >= 4 is 0 Å². The van der Waals surface area contributed by atoms with Crippen molar-refractivity contribution in [1.29, 1.82) is 0 Å². The van der Waals surface area contributed by atoms with Gasteiger partial charge in [-0.2, -0.15) is 0 Å². The fourth-order valence-corrected chi connectivity index (χ4v) is 3.10.